The molecule has 0 spiro atoms. The summed E-state index contributed by atoms with van der Waals surface area (Å²) in [4.78, 5) is 10.8. The Kier molecular flexibility index (Phi) is 3.53. The molecule has 0 unspecified atom stereocenters. The molecule has 0 radical (unpaired) electrons. The van der Waals surface area contributed by atoms with Crippen molar-refractivity contribution in [3.05, 3.63) is 11.9 Å². The number of amides is 1. The summed E-state index contributed by atoms with van der Waals surface area (Å²) in [6, 6.07) is 0. The molecule has 4 N–H and O–H groups in total. The molecule has 0 saturated heterocycles. The first-order chi connectivity index (χ1) is 7.35. The highest BCUT2D eigenvalue weighted by Crippen LogP contribution is 2.08. The van der Waals surface area contributed by atoms with Crippen molar-refractivity contribution >= 4 is 21.4 Å². The van der Waals surface area contributed by atoms with E-state index in [-0.39, 0.29) is 29.4 Å². The van der Waals surface area contributed by atoms with Crippen LogP contribution in [0, 0.1) is 0 Å². The van der Waals surface area contributed by atoms with Gasteiger partial charge >= 0.3 is 0 Å². The van der Waals surface area contributed by atoms with Crippen LogP contribution in [0.25, 0.3) is 0 Å². The van der Waals surface area contributed by atoms with Crippen LogP contribution in [0.1, 0.15) is 17.4 Å². The molecule has 90 valence electrons. The zero-order valence-corrected chi connectivity index (χ0v) is 9.70. The Hall–Kier alpha value is -1.57. The van der Waals surface area contributed by atoms with Gasteiger partial charge in [-0.05, 0) is 0 Å². The average Bonchev–Trinajstić information content (AvgIpc) is 2.57. The summed E-state index contributed by atoms with van der Waals surface area (Å²) in [5.41, 5.74) is 10.6. The fraction of sp³-hybridized carbons (Fsp3) is 0.500. The summed E-state index contributed by atoms with van der Waals surface area (Å²) in [5.74, 6) is -0.690. The fourth-order valence-electron chi connectivity index (χ4n) is 1.12. The largest absolute Gasteiger partial charge is 0.396 e. The number of rotatable bonds is 5. The van der Waals surface area contributed by atoms with Crippen LogP contribution in [-0.2, 0) is 16.4 Å². The van der Waals surface area contributed by atoms with Crippen molar-refractivity contribution in [2.45, 2.75) is 13.5 Å². The first kappa shape index (κ1) is 12.5. The number of nitrogen functional groups attached to an aromatic ring is 1. The van der Waals surface area contributed by atoms with Crippen LogP contribution >= 0.6 is 0 Å². The molecule has 8 heteroatoms. The number of hydrogen-bond donors (Lipinski definition) is 2. The number of anilines is 1. The second-order valence-electron chi connectivity index (χ2n) is 3.30. The van der Waals surface area contributed by atoms with Gasteiger partial charge in [-0.25, -0.2) is 8.42 Å². The highest BCUT2D eigenvalue weighted by molar-refractivity contribution is 7.91. The highest BCUT2D eigenvalue weighted by Gasteiger charge is 2.13. The fourth-order valence-corrected chi connectivity index (χ4v) is 1.87. The maximum atomic E-state index is 11.2. The molecule has 0 atom stereocenters. The van der Waals surface area contributed by atoms with Gasteiger partial charge in [0.1, 0.15) is 0 Å². The smallest absolute Gasteiger partial charge is 0.271 e. The van der Waals surface area contributed by atoms with Crippen molar-refractivity contribution < 1.29 is 13.2 Å². The maximum absolute atomic E-state index is 11.2. The predicted molar refractivity (Wildman–Crippen MR) is 59.5 cm³/mol. The van der Waals surface area contributed by atoms with Gasteiger partial charge in [0.2, 0.25) is 0 Å². The lowest BCUT2D eigenvalue weighted by Crippen LogP contribution is -2.17. The molecule has 0 aliphatic heterocycles. The lowest BCUT2D eigenvalue weighted by molar-refractivity contribution is 0.0995. The van der Waals surface area contributed by atoms with Gasteiger partial charge in [0.25, 0.3) is 5.91 Å². The van der Waals surface area contributed by atoms with E-state index in [0.717, 1.165) is 0 Å². The van der Waals surface area contributed by atoms with Gasteiger partial charge in [0.15, 0.2) is 15.5 Å². The van der Waals surface area contributed by atoms with Crippen LogP contribution in [0.4, 0.5) is 5.69 Å². The molecule has 16 heavy (non-hydrogen) atoms. The van der Waals surface area contributed by atoms with Crippen molar-refractivity contribution in [3.63, 3.8) is 0 Å². The molecule has 0 aliphatic carbocycles. The summed E-state index contributed by atoms with van der Waals surface area (Å²) in [5, 5.41) is 3.80. The minimum atomic E-state index is -3.06. The number of hydrogen-bond acceptors (Lipinski definition) is 5. The zero-order valence-electron chi connectivity index (χ0n) is 8.88. The number of nitrogens with zero attached hydrogens (tertiary/aromatic N) is 2. The third-order valence-electron chi connectivity index (χ3n) is 2.09. The summed E-state index contributed by atoms with van der Waals surface area (Å²) in [6.07, 6.45) is 1.39. The van der Waals surface area contributed by atoms with Crippen molar-refractivity contribution in [1.82, 2.24) is 9.78 Å². The standard InChI is InChI=1S/C8H14N4O3S/c1-2-16(14,15)4-3-12-5-6(9)7(11-12)8(10)13/h5H,2-4,9H2,1H3,(H2,10,13). The number of aryl methyl sites for hydroxylation is 1. The molecule has 0 saturated carbocycles. The molecule has 1 rings (SSSR count). The van der Waals surface area contributed by atoms with E-state index in [2.05, 4.69) is 5.10 Å². The van der Waals surface area contributed by atoms with Gasteiger partial charge in [-0.3, -0.25) is 9.48 Å². The number of carbonyl (C=O) groups excluding carboxylic acids is 1. The summed E-state index contributed by atoms with van der Waals surface area (Å²) in [7, 11) is -3.06. The monoisotopic (exact) mass is 246 g/mol. The Balaban J connectivity index is 2.77. The summed E-state index contributed by atoms with van der Waals surface area (Å²) >= 11 is 0. The molecular formula is C8H14N4O3S. The molecule has 1 heterocycles. The second kappa shape index (κ2) is 4.52. The molecule has 7 nitrogen and oxygen atoms in total. The number of nitrogens with two attached hydrogens (primary N) is 2. The Bertz CT molecular complexity index is 491. The number of aromatic nitrogens is 2. The van der Waals surface area contributed by atoms with Crippen molar-refractivity contribution in [1.29, 1.82) is 0 Å². The van der Waals surface area contributed by atoms with Crippen molar-refractivity contribution in [3.8, 4) is 0 Å². The van der Waals surface area contributed by atoms with Gasteiger partial charge in [-0.2, -0.15) is 5.10 Å². The minimum absolute atomic E-state index is 0.0334. The second-order valence-corrected chi connectivity index (χ2v) is 5.77. The number of primary amides is 1. The van der Waals surface area contributed by atoms with Gasteiger partial charge in [-0.1, -0.05) is 6.92 Å². The molecule has 1 aromatic heterocycles. The van der Waals surface area contributed by atoms with Gasteiger partial charge in [0.05, 0.1) is 18.0 Å². The van der Waals surface area contributed by atoms with E-state index >= 15 is 0 Å². The first-order valence-electron chi connectivity index (χ1n) is 4.69. The van der Waals surface area contributed by atoms with Crippen LogP contribution in [0.15, 0.2) is 6.20 Å². The van der Waals surface area contributed by atoms with E-state index in [4.69, 9.17) is 11.5 Å². The van der Waals surface area contributed by atoms with Gasteiger partial charge < -0.3 is 11.5 Å². The lowest BCUT2D eigenvalue weighted by atomic mass is 10.4. The Morgan fingerprint density at radius 3 is 2.62 bits per heavy atom. The SMILES string of the molecule is CCS(=O)(=O)CCn1cc(N)c(C(N)=O)n1. The molecule has 1 amide bonds. The van der Waals surface area contributed by atoms with E-state index < -0.39 is 15.7 Å². The first-order valence-corrected chi connectivity index (χ1v) is 6.51. The quantitative estimate of drug-likeness (QED) is 0.690. The molecule has 0 aromatic carbocycles. The molecule has 0 bridgehead atoms. The minimum Gasteiger partial charge on any atom is -0.396 e. The van der Waals surface area contributed by atoms with E-state index in [9.17, 15) is 13.2 Å². The van der Waals surface area contributed by atoms with Crippen LogP contribution in [0.3, 0.4) is 0 Å². The number of carbonyl (C=O) groups is 1. The van der Waals surface area contributed by atoms with E-state index in [1.165, 1.54) is 10.9 Å². The van der Waals surface area contributed by atoms with Crippen molar-refractivity contribution in [2.24, 2.45) is 5.73 Å². The van der Waals surface area contributed by atoms with Gasteiger partial charge in [-0.15, -0.1) is 0 Å². The number of sulfone groups is 1. The van der Waals surface area contributed by atoms with Crippen LogP contribution in [0.5, 0.6) is 0 Å². The van der Waals surface area contributed by atoms with E-state index in [0.29, 0.717) is 0 Å². The van der Waals surface area contributed by atoms with E-state index in [1.54, 1.807) is 6.92 Å². The van der Waals surface area contributed by atoms with Gasteiger partial charge in [0, 0.05) is 11.9 Å². The predicted octanol–water partition coefficient (Wildman–Crippen LogP) is -1.00. The molecular weight excluding hydrogens is 232 g/mol. The Labute approximate surface area is 93.3 Å². The summed E-state index contributed by atoms with van der Waals surface area (Å²) < 4.78 is 23.8. The summed E-state index contributed by atoms with van der Waals surface area (Å²) in [6.45, 7) is 1.73. The maximum Gasteiger partial charge on any atom is 0.271 e. The molecule has 1 aromatic rings. The van der Waals surface area contributed by atoms with Crippen molar-refractivity contribution in [2.75, 3.05) is 17.2 Å². The highest BCUT2D eigenvalue weighted by atomic mass is 32.2. The third-order valence-corrected chi connectivity index (χ3v) is 3.78. The Morgan fingerprint density at radius 2 is 2.19 bits per heavy atom. The Morgan fingerprint density at radius 1 is 1.56 bits per heavy atom. The van der Waals surface area contributed by atoms with Crippen LogP contribution in [0.2, 0.25) is 0 Å². The lowest BCUT2D eigenvalue weighted by Gasteiger charge is -2.01. The zero-order chi connectivity index (χ0) is 12.3. The third kappa shape index (κ3) is 2.96. The topological polar surface area (TPSA) is 121 Å². The normalized spacial score (nSPS) is 11.6. The van der Waals surface area contributed by atoms with Crippen LogP contribution < -0.4 is 11.5 Å². The average molecular weight is 246 g/mol. The van der Waals surface area contributed by atoms with Crippen LogP contribution in [-0.4, -0.2) is 35.6 Å². The molecule has 0 aliphatic rings. The molecule has 0 fully saturated rings. The van der Waals surface area contributed by atoms with E-state index in [1.807, 2.05) is 0 Å².